The van der Waals surface area contributed by atoms with Crippen LogP contribution in [0.2, 0.25) is 0 Å². The Morgan fingerprint density at radius 1 is 1.52 bits per heavy atom. The minimum absolute atomic E-state index is 0.0410. The van der Waals surface area contributed by atoms with Gasteiger partial charge in [0.05, 0.1) is 12.0 Å². The summed E-state index contributed by atoms with van der Waals surface area (Å²) in [7, 11) is 0. The standard InChI is InChI=1S/C15H17FN4O/c1-11(8-20-10-17-9-18-20)19-14(21)15(5-6-15)12-3-2-4-13(16)7-12/h2-4,7,9-11H,5-6,8H2,1H3,(H,19,21). The summed E-state index contributed by atoms with van der Waals surface area (Å²) >= 11 is 0. The van der Waals surface area contributed by atoms with Crippen molar-refractivity contribution >= 4 is 5.91 Å². The highest BCUT2D eigenvalue weighted by molar-refractivity contribution is 5.91. The molecule has 1 unspecified atom stereocenters. The van der Waals surface area contributed by atoms with E-state index in [9.17, 15) is 9.18 Å². The Balaban J connectivity index is 1.67. The van der Waals surface area contributed by atoms with Crippen molar-refractivity contribution in [2.45, 2.75) is 37.8 Å². The Hall–Kier alpha value is -2.24. The first-order valence-electron chi connectivity index (χ1n) is 6.99. The molecule has 1 heterocycles. The Kier molecular flexibility index (Phi) is 3.45. The number of nitrogens with zero attached hydrogens (tertiary/aromatic N) is 3. The van der Waals surface area contributed by atoms with E-state index in [0.29, 0.717) is 6.54 Å². The predicted molar refractivity (Wildman–Crippen MR) is 74.9 cm³/mol. The van der Waals surface area contributed by atoms with Crippen LogP contribution in [0.3, 0.4) is 0 Å². The average Bonchev–Trinajstić information content (AvgIpc) is 3.12. The number of aromatic nitrogens is 3. The number of rotatable bonds is 5. The van der Waals surface area contributed by atoms with Crippen molar-refractivity contribution in [3.63, 3.8) is 0 Å². The highest BCUT2D eigenvalue weighted by Gasteiger charge is 2.51. The predicted octanol–water partition coefficient (Wildman–Crippen LogP) is 1.65. The molecule has 2 aromatic rings. The van der Waals surface area contributed by atoms with Crippen LogP contribution in [0.4, 0.5) is 4.39 Å². The quantitative estimate of drug-likeness (QED) is 0.910. The van der Waals surface area contributed by atoms with E-state index in [-0.39, 0.29) is 17.8 Å². The molecule has 1 fully saturated rings. The number of carbonyl (C=O) groups excluding carboxylic acids is 1. The highest BCUT2D eigenvalue weighted by atomic mass is 19.1. The summed E-state index contributed by atoms with van der Waals surface area (Å²) in [6.45, 7) is 2.48. The zero-order valence-electron chi connectivity index (χ0n) is 11.8. The van der Waals surface area contributed by atoms with Crippen LogP contribution in [0.15, 0.2) is 36.9 Å². The number of benzene rings is 1. The number of halogens is 1. The number of nitrogens with one attached hydrogen (secondary N) is 1. The molecule has 1 saturated carbocycles. The van der Waals surface area contributed by atoms with Gasteiger partial charge in [-0.25, -0.2) is 9.37 Å². The minimum atomic E-state index is -0.557. The van der Waals surface area contributed by atoms with Gasteiger partial charge in [0.2, 0.25) is 5.91 Å². The molecule has 1 aromatic heterocycles. The second kappa shape index (κ2) is 5.27. The molecule has 1 aliphatic rings. The van der Waals surface area contributed by atoms with Crippen molar-refractivity contribution in [1.29, 1.82) is 0 Å². The Labute approximate surface area is 122 Å². The lowest BCUT2D eigenvalue weighted by Gasteiger charge is -2.20. The molecule has 0 spiro atoms. The van der Waals surface area contributed by atoms with E-state index in [1.807, 2.05) is 13.0 Å². The molecule has 0 radical (unpaired) electrons. The van der Waals surface area contributed by atoms with Gasteiger partial charge in [-0.05, 0) is 37.5 Å². The Morgan fingerprint density at radius 2 is 2.33 bits per heavy atom. The van der Waals surface area contributed by atoms with Gasteiger partial charge in [-0.15, -0.1) is 0 Å². The SMILES string of the molecule is CC(Cn1cncn1)NC(=O)C1(c2cccc(F)c2)CC1. The van der Waals surface area contributed by atoms with Gasteiger partial charge in [-0.1, -0.05) is 12.1 Å². The van der Waals surface area contributed by atoms with E-state index >= 15 is 0 Å². The lowest BCUT2D eigenvalue weighted by Crippen LogP contribution is -2.42. The van der Waals surface area contributed by atoms with Gasteiger partial charge in [-0.3, -0.25) is 9.48 Å². The van der Waals surface area contributed by atoms with Crippen LogP contribution in [0.5, 0.6) is 0 Å². The van der Waals surface area contributed by atoms with Gasteiger partial charge in [-0.2, -0.15) is 5.10 Å². The third-order valence-corrected chi connectivity index (χ3v) is 3.87. The molecule has 0 saturated heterocycles. The molecule has 1 atom stereocenters. The summed E-state index contributed by atoms with van der Waals surface area (Å²) in [5.41, 5.74) is 0.201. The Morgan fingerprint density at radius 3 is 2.95 bits per heavy atom. The van der Waals surface area contributed by atoms with Crippen molar-refractivity contribution in [1.82, 2.24) is 20.1 Å². The average molecular weight is 288 g/mol. The van der Waals surface area contributed by atoms with Gasteiger partial charge in [0.25, 0.3) is 0 Å². The van der Waals surface area contributed by atoms with Gasteiger partial charge in [0, 0.05) is 6.04 Å². The summed E-state index contributed by atoms with van der Waals surface area (Å²) in [4.78, 5) is 16.4. The normalized spacial score (nSPS) is 17.2. The van der Waals surface area contributed by atoms with Gasteiger partial charge < -0.3 is 5.32 Å². The van der Waals surface area contributed by atoms with Crippen molar-refractivity contribution in [2.24, 2.45) is 0 Å². The monoisotopic (exact) mass is 288 g/mol. The van der Waals surface area contributed by atoms with Crippen LogP contribution in [-0.4, -0.2) is 26.7 Å². The van der Waals surface area contributed by atoms with Crippen LogP contribution < -0.4 is 5.32 Å². The van der Waals surface area contributed by atoms with Gasteiger partial charge in [0.15, 0.2) is 0 Å². The van der Waals surface area contributed by atoms with E-state index in [2.05, 4.69) is 15.4 Å². The van der Waals surface area contributed by atoms with E-state index in [1.165, 1.54) is 18.5 Å². The topological polar surface area (TPSA) is 59.8 Å². The molecule has 1 amide bonds. The molecule has 3 rings (SSSR count). The number of hydrogen-bond donors (Lipinski definition) is 1. The van der Waals surface area contributed by atoms with E-state index in [1.54, 1.807) is 17.1 Å². The van der Waals surface area contributed by atoms with Crippen molar-refractivity contribution in [3.05, 3.63) is 48.3 Å². The summed E-state index contributed by atoms with van der Waals surface area (Å²) in [5, 5.41) is 7.00. The fourth-order valence-electron chi connectivity index (χ4n) is 2.57. The molecule has 21 heavy (non-hydrogen) atoms. The van der Waals surface area contributed by atoms with E-state index in [4.69, 9.17) is 0 Å². The number of carbonyl (C=O) groups is 1. The molecule has 6 heteroatoms. The summed E-state index contributed by atoms with van der Waals surface area (Å²) in [6, 6.07) is 6.25. The van der Waals surface area contributed by atoms with Crippen LogP contribution in [-0.2, 0) is 16.8 Å². The second-order valence-corrected chi connectivity index (χ2v) is 5.58. The molecule has 1 N–H and O–H groups in total. The van der Waals surface area contributed by atoms with Crippen LogP contribution >= 0.6 is 0 Å². The molecular weight excluding hydrogens is 271 g/mol. The lowest BCUT2D eigenvalue weighted by molar-refractivity contribution is -0.124. The van der Waals surface area contributed by atoms with Crippen LogP contribution in [0.25, 0.3) is 0 Å². The number of amides is 1. The first kappa shape index (κ1) is 13.7. The smallest absolute Gasteiger partial charge is 0.230 e. The third-order valence-electron chi connectivity index (χ3n) is 3.87. The first-order valence-corrected chi connectivity index (χ1v) is 6.99. The minimum Gasteiger partial charge on any atom is -0.351 e. The number of hydrogen-bond acceptors (Lipinski definition) is 3. The maximum absolute atomic E-state index is 13.4. The third kappa shape index (κ3) is 2.79. The molecule has 0 bridgehead atoms. The zero-order valence-corrected chi connectivity index (χ0v) is 11.8. The lowest BCUT2D eigenvalue weighted by atomic mass is 9.94. The second-order valence-electron chi connectivity index (χ2n) is 5.58. The van der Waals surface area contributed by atoms with Gasteiger partial charge >= 0.3 is 0 Å². The largest absolute Gasteiger partial charge is 0.351 e. The molecule has 0 aliphatic heterocycles. The summed E-state index contributed by atoms with van der Waals surface area (Å²) in [6.07, 6.45) is 4.60. The van der Waals surface area contributed by atoms with Crippen LogP contribution in [0.1, 0.15) is 25.3 Å². The van der Waals surface area contributed by atoms with Crippen molar-refractivity contribution < 1.29 is 9.18 Å². The highest BCUT2D eigenvalue weighted by Crippen LogP contribution is 2.48. The van der Waals surface area contributed by atoms with Gasteiger partial charge in [0.1, 0.15) is 18.5 Å². The fourth-order valence-corrected chi connectivity index (χ4v) is 2.57. The maximum Gasteiger partial charge on any atom is 0.230 e. The fraction of sp³-hybridized carbons (Fsp3) is 0.400. The zero-order chi connectivity index (χ0) is 14.9. The Bertz CT molecular complexity index is 637. The summed E-state index contributed by atoms with van der Waals surface area (Å²) in [5.74, 6) is -0.344. The summed E-state index contributed by atoms with van der Waals surface area (Å²) < 4.78 is 15.0. The first-order chi connectivity index (χ1) is 10.1. The van der Waals surface area contributed by atoms with Crippen LogP contribution in [0, 0.1) is 5.82 Å². The molecular formula is C15H17FN4O. The van der Waals surface area contributed by atoms with Crippen molar-refractivity contribution in [3.8, 4) is 0 Å². The molecule has 1 aliphatic carbocycles. The molecule has 5 nitrogen and oxygen atoms in total. The molecule has 1 aromatic carbocycles. The van der Waals surface area contributed by atoms with Crippen molar-refractivity contribution in [2.75, 3.05) is 0 Å². The van der Waals surface area contributed by atoms with E-state index in [0.717, 1.165) is 18.4 Å². The molecule has 110 valence electrons. The van der Waals surface area contributed by atoms with E-state index < -0.39 is 5.41 Å². The maximum atomic E-state index is 13.4.